The molecule has 0 fully saturated rings. The minimum absolute atomic E-state index is 0. The van der Waals surface area contributed by atoms with Crippen LogP contribution in [0.4, 0.5) is 0 Å². The number of aliphatic imine (C=N–C) groups is 1. The zero-order valence-corrected chi connectivity index (χ0v) is 16.7. The van der Waals surface area contributed by atoms with E-state index in [1.807, 2.05) is 42.5 Å². The van der Waals surface area contributed by atoms with E-state index < -0.39 is 0 Å². The molecule has 6 nitrogen and oxygen atoms in total. The summed E-state index contributed by atoms with van der Waals surface area (Å²) in [6.07, 6.45) is 4.31. The zero-order valence-electron chi connectivity index (χ0n) is 14.4. The maximum atomic E-state index is 5.64. The Bertz CT molecular complexity index is 597. The largest absolute Gasteiger partial charge is 0.494 e. The summed E-state index contributed by atoms with van der Waals surface area (Å²) in [7, 11) is 1.75. The Hall–Kier alpha value is -2.03. The highest BCUT2D eigenvalue weighted by atomic mass is 127. The first-order valence-corrected chi connectivity index (χ1v) is 8.03. The Balaban J connectivity index is 0.00000312. The van der Waals surface area contributed by atoms with Gasteiger partial charge in [0, 0.05) is 19.8 Å². The molecule has 0 bridgehead atoms. The first kappa shape index (κ1) is 21.0. The van der Waals surface area contributed by atoms with Crippen LogP contribution >= 0.6 is 24.0 Å². The third-order valence-corrected chi connectivity index (χ3v) is 3.15. The molecule has 136 valence electrons. The second-order valence-electron chi connectivity index (χ2n) is 4.98. The number of para-hydroxylation sites is 1. The molecule has 0 aliphatic rings. The minimum atomic E-state index is 0. The van der Waals surface area contributed by atoms with Crippen molar-refractivity contribution in [3.05, 3.63) is 54.9 Å². The van der Waals surface area contributed by atoms with Crippen molar-refractivity contribution in [3.63, 3.8) is 0 Å². The number of aromatic nitrogens is 1. The van der Waals surface area contributed by atoms with Gasteiger partial charge in [-0.05, 0) is 30.7 Å². The van der Waals surface area contributed by atoms with E-state index in [2.05, 4.69) is 20.6 Å². The van der Waals surface area contributed by atoms with Crippen LogP contribution in [0.3, 0.4) is 0 Å². The lowest BCUT2D eigenvalue weighted by atomic mass is 10.3. The molecule has 1 aromatic heterocycles. The van der Waals surface area contributed by atoms with Crippen LogP contribution in [0.15, 0.2) is 59.9 Å². The number of nitrogens with one attached hydrogen (secondary N) is 2. The Morgan fingerprint density at radius 1 is 0.960 bits per heavy atom. The molecule has 0 aliphatic heterocycles. The van der Waals surface area contributed by atoms with E-state index >= 15 is 0 Å². The fourth-order valence-corrected chi connectivity index (χ4v) is 1.98. The lowest BCUT2D eigenvalue weighted by Crippen LogP contribution is -2.40. The number of pyridine rings is 1. The summed E-state index contributed by atoms with van der Waals surface area (Å²) >= 11 is 0. The number of halogens is 1. The van der Waals surface area contributed by atoms with E-state index in [1.165, 1.54) is 0 Å². The Morgan fingerprint density at radius 2 is 1.68 bits per heavy atom. The molecule has 0 radical (unpaired) electrons. The van der Waals surface area contributed by atoms with Gasteiger partial charge in [-0.2, -0.15) is 0 Å². The summed E-state index contributed by atoms with van der Waals surface area (Å²) in [5.74, 6) is 2.41. The van der Waals surface area contributed by atoms with Crippen molar-refractivity contribution >= 4 is 29.9 Å². The lowest BCUT2D eigenvalue weighted by molar-refractivity contribution is 0.310. The van der Waals surface area contributed by atoms with Crippen LogP contribution in [-0.4, -0.2) is 44.3 Å². The van der Waals surface area contributed by atoms with E-state index in [1.54, 1.807) is 19.4 Å². The standard InChI is InChI=1S/C18H24N4O2.HI/c1-19-18(22-12-14-24-17-9-5-10-20-15-17)21-11-6-13-23-16-7-3-2-4-8-16;/h2-5,7-10,15H,6,11-14H2,1H3,(H2,19,21,22);1H. The van der Waals surface area contributed by atoms with Crippen molar-refractivity contribution in [1.29, 1.82) is 0 Å². The van der Waals surface area contributed by atoms with Crippen LogP contribution in [0.5, 0.6) is 11.5 Å². The highest BCUT2D eigenvalue weighted by Gasteiger charge is 1.98. The first-order valence-electron chi connectivity index (χ1n) is 8.03. The topological polar surface area (TPSA) is 67.8 Å². The fraction of sp³-hybridized carbons (Fsp3) is 0.333. The van der Waals surface area contributed by atoms with Gasteiger partial charge in [-0.1, -0.05) is 18.2 Å². The number of guanidine groups is 1. The zero-order chi connectivity index (χ0) is 16.9. The minimum Gasteiger partial charge on any atom is -0.494 e. The molecule has 1 aromatic carbocycles. The number of hydrogen-bond donors (Lipinski definition) is 2. The molecule has 0 atom stereocenters. The average Bonchev–Trinajstić information content (AvgIpc) is 2.65. The van der Waals surface area contributed by atoms with Gasteiger partial charge in [0.15, 0.2) is 5.96 Å². The van der Waals surface area contributed by atoms with Gasteiger partial charge in [0.05, 0.1) is 19.3 Å². The molecule has 0 unspecified atom stereocenters. The third kappa shape index (κ3) is 9.13. The number of ether oxygens (including phenoxy) is 2. The molecular weight excluding hydrogens is 431 g/mol. The van der Waals surface area contributed by atoms with E-state index in [9.17, 15) is 0 Å². The van der Waals surface area contributed by atoms with Crippen molar-refractivity contribution in [2.45, 2.75) is 6.42 Å². The van der Waals surface area contributed by atoms with Crippen molar-refractivity contribution in [2.24, 2.45) is 4.99 Å². The monoisotopic (exact) mass is 456 g/mol. The summed E-state index contributed by atoms with van der Waals surface area (Å²) in [5, 5.41) is 6.45. The van der Waals surface area contributed by atoms with Gasteiger partial charge >= 0.3 is 0 Å². The van der Waals surface area contributed by atoms with Crippen LogP contribution in [0, 0.1) is 0 Å². The number of hydrogen-bond acceptors (Lipinski definition) is 4. The Morgan fingerprint density at radius 3 is 2.40 bits per heavy atom. The second-order valence-corrected chi connectivity index (χ2v) is 4.98. The second kappa shape index (κ2) is 13.3. The van der Waals surface area contributed by atoms with Gasteiger partial charge in [-0.25, -0.2) is 0 Å². The van der Waals surface area contributed by atoms with Crippen LogP contribution < -0.4 is 20.1 Å². The normalized spacial score (nSPS) is 10.5. The summed E-state index contributed by atoms with van der Waals surface area (Å²) in [6, 6.07) is 13.5. The van der Waals surface area contributed by atoms with Crippen molar-refractivity contribution in [2.75, 3.05) is 33.4 Å². The summed E-state index contributed by atoms with van der Waals surface area (Å²) in [5.41, 5.74) is 0. The maximum absolute atomic E-state index is 5.64. The molecule has 0 amide bonds. The molecule has 7 heteroatoms. The Kier molecular flexibility index (Phi) is 11.2. The number of benzene rings is 1. The van der Waals surface area contributed by atoms with Crippen LogP contribution in [-0.2, 0) is 0 Å². The number of nitrogens with zero attached hydrogens (tertiary/aromatic N) is 2. The molecular formula is C18H25IN4O2. The average molecular weight is 456 g/mol. The summed E-state index contributed by atoms with van der Waals surface area (Å²) in [4.78, 5) is 8.18. The van der Waals surface area contributed by atoms with Crippen molar-refractivity contribution < 1.29 is 9.47 Å². The smallest absolute Gasteiger partial charge is 0.191 e. The quantitative estimate of drug-likeness (QED) is 0.263. The molecule has 2 N–H and O–H groups in total. The van der Waals surface area contributed by atoms with Gasteiger partial charge < -0.3 is 20.1 Å². The molecule has 1 heterocycles. The van der Waals surface area contributed by atoms with E-state index in [0.29, 0.717) is 19.8 Å². The van der Waals surface area contributed by atoms with Crippen LogP contribution in [0.25, 0.3) is 0 Å². The molecule has 25 heavy (non-hydrogen) atoms. The van der Waals surface area contributed by atoms with Crippen molar-refractivity contribution in [1.82, 2.24) is 15.6 Å². The molecule has 0 saturated heterocycles. The molecule has 0 spiro atoms. The van der Waals surface area contributed by atoms with E-state index in [4.69, 9.17) is 9.47 Å². The van der Waals surface area contributed by atoms with Gasteiger partial charge in [0.2, 0.25) is 0 Å². The maximum Gasteiger partial charge on any atom is 0.191 e. The summed E-state index contributed by atoms with van der Waals surface area (Å²) in [6.45, 7) is 2.66. The molecule has 0 aliphatic carbocycles. The number of rotatable bonds is 9. The van der Waals surface area contributed by atoms with Gasteiger partial charge in [-0.15, -0.1) is 24.0 Å². The third-order valence-electron chi connectivity index (χ3n) is 3.15. The molecule has 2 aromatic rings. The predicted octanol–water partition coefficient (Wildman–Crippen LogP) is 2.71. The lowest BCUT2D eigenvalue weighted by Gasteiger charge is -2.12. The highest BCUT2D eigenvalue weighted by Crippen LogP contribution is 2.08. The van der Waals surface area contributed by atoms with E-state index in [0.717, 1.165) is 30.4 Å². The highest BCUT2D eigenvalue weighted by molar-refractivity contribution is 14.0. The predicted molar refractivity (Wildman–Crippen MR) is 111 cm³/mol. The fourth-order valence-electron chi connectivity index (χ4n) is 1.98. The van der Waals surface area contributed by atoms with Gasteiger partial charge in [-0.3, -0.25) is 9.98 Å². The first-order chi connectivity index (χ1) is 11.9. The van der Waals surface area contributed by atoms with Gasteiger partial charge in [0.25, 0.3) is 0 Å². The van der Waals surface area contributed by atoms with E-state index in [-0.39, 0.29) is 24.0 Å². The molecule has 2 rings (SSSR count). The van der Waals surface area contributed by atoms with Crippen molar-refractivity contribution in [3.8, 4) is 11.5 Å². The SMILES string of the molecule is CN=C(NCCCOc1ccccc1)NCCOc1cccnc1.I. The van der Waals surface area contributed by atoms with Gasteiger partial charge in [0.1, 0.15) is 18.1 Å². The molecule has 0 saturated carbocycles. The summed E-state index contributed by atoms with van der Waals surface area (Å²) < 4.78 is 11.2. The Labute approximate surface area is 166 Å². The van der Waals surface area contributed by atoms with Crippen LogP contribution in [0.1, 0.15) is 6.42 Å². The van der Waals surface area contributed by atoms with Crippen LogP contribution in [0.2, 0.25) is 0 Å².